The number of nitrogens with zero attached hydrogens (tertiary/aromatic N) is 3. The Balaban J connectivity index is 2.13. The second-order valence-corrected chi connectivity index (χ2v) is 5.94. The van der Waals surface area contributed by atoms with E-state index in [-0.39, 0.29) is 0 Å². The number of likely N-dealkylation sites (N-methyl/N-ethyl adjacent to an activating group) is 1. The van der Waals surface area contributed by atoms with Gasteiger partial charge in [-0.05, 0) is 47.0 Å². The van der Waals surface area contributed by atoms with E-state index in [4.69, 9.17) is 0 Å². The molecule has 1 N–H and O–H groups in total. The third-order valence-corrected chi connectivity index (χ3v) is 3.71. The number of aromatic nitrogens is 2. The van der Waals surface area contributed by atoms with Crippen LogP contribution in [0.25, 0.3) is 5.69 Å². The Hall–Kier alpha value is -1.65. The van der Waals surface area contributed by atoms with Crippen LogP contribution in [0.15, 0.2) is 30.3 Å². The first-order valence-corrected chi connectivity index (χ1v) is 7.47. The van der Waals surface area contributed by atoms with E-state index < -0.39 is 0 Å². The highest BCUT2D eigenvalue weighted by Gasteiger charge is 2.13. The Bertz CT molecular complexity index is 572. The Labute approximate surface area is 127 Å². The Morgan fingerprint density at radius 1 is 1.19 bits per heavy atom. The average molecular weight is 286 g/mol. The van der Waals surface area contributed by atoms with Crippen LogP contribution in [-0.2, 0) is 6.54 Å². The van der Waals surface area contributed by atoms with E-state index in [9.17, 15) is 0 Å². The molecule has 1 atom stereocenters. The molecule has 1 aromatic carbocycles. The van der Waals surface area contributed by atoms with Crippen molar-refractivity contribution < 1.29 is 0 Å². The monoisotopic (exact) mass is 286 g/mol. The molecule has 2 aromatic rings. The minimum absolute atomic E-state index is 0.457. The van der Waals surface area contributed by atoms with Crippen molar-refractivity contribution in [1.29, 1.82) is 0 Å². The molecule has 1 heterocycles. The maximum atomic E-state index is 4.69. The molecule has 4 nitrogen and oxygen atoms in total. The summed E-state index contributed by atoms with van der Waals surface area (Å²) in [6.45, 7) is 8.33. The van der Waals surface area contributed by atoms with Crippen molar-refractivity contribution in [2.75, 3.05) is 20.6 Å². The van der Waals surface area contributed by atoms with Gasteiger partial charge in [-0.15, -0.1) is 0 Å². The lowest BCUT2D eigenvalue weighted by Gasteiger charge is -2.18. The molecule has 21 heavy (non-hydrogen) atoms. The summed E-state index contributed by atoms with van der Waals surface area (Å²) >= 11 is 0. The summed E-state index contributed by atoms with van der Waals surface area (Å²) in [4.78, 5) is 2.20. The number of nitrogens with one attached hydrogen (secondary N) is 1. The van der Waals surface area contributed by atoms with E-state index in [0.29, 0.717) is 6.04 Å². The van der Waals surface area contributed by atoms with Gasteiger partial charge in [0.05, 0.1) is 11.4 Å². The second-order valence-electron chi connectivity index (χ2n) is 5.94. The molecular weight excluding hydrogens is 260 g/mol. The molecule has 0 aliphatic heterocycles. The van der Waals surface area contributed by atoms with Gasteiger partial charge in [0.15, 0.2) is 0 Å². The van der Waals surface area contributed by atoms with E-state index >= 15 is 0 Å². The lowest BCUT2D eigenvalue weighted by atomic mass is 10.2. The zero-order chi connectivity index (χ0) is 15.4. The van der Waals surface area contributed by atoms with E-state index in [0.717, 1.165) is 24.5 Å². The van der Waals surface area contributed by atoms with E-state index in [1.807, 2.05) is 22.9 Å². The van der Waals surface area contributed by atoms with Crippen LogP contribution in [0, 0.1) is 13.8 Å². The third-order valence-electron chi connectivity index (χ3n) is 3.71. The topological polar surface area (TPSA) is 33.1 Å². The second kappa shape index (κ2) is 6.87. The van der Waals surface area contributed by atoms with Crippen molar-refractivity contribution in [1.82, 2.24) is 20.0 Å². The molecule has 4 heteroatoms. The fraction of sp³-hybridized carbons (Fsp3) is 0.471. The number of benzene rings is 1. The number of hydrogen-bond donors (Lipinski definition) is 1. The number of aryl methyl sites for hydroxylation is 1. The molecule has 0 fully saturated rings. The highest BCUT2D eigenvalue weighted by molar-refractivity contribution is 5.36. The van der Waals surface area contributed by atoms with E-state index in [1.165, 1.54) is 11.3 Å². The molecule has 0 bridgehead atoms. The number of rotatable bonds is 6. The Kier molecular flexibility index (Phi) is 5.15. The van der Waals surface area contributed by atoms with Crippen LogP contribution in [0.3, 0.4) is 0 Å². The van der Waals surface area contributed by atoms with Crippen LogP contribution in [0.2, 0.25) is 0 Å². The van der Waals surface area contributed by atoms with Gasteiger partial charge in [0.2, 0.25) is 0 Å². The fourth-order valence-corrected chi connectivity index (χ4v) is 2.64. The van der Waals surface area contributed by atoms with Gasteiger partial charge in [0.25, 0.3) is 0 Å². The molecule has 0 radical (unpaired) electrons. The normalized spacial score (nSPS) is 12.9. The van der Waals surface area contributed by atoms with Crippen molar-refractivity contribution in [3.63, 3.8) is 0 Å². The van der Waals surface area contributed by atoms with Crippen LogP contribution in [0.1, 0.15) is 23.9 Å². The summed E-state index contributed by atoms with van der Waals surface area (Å²) in [6, 6.07) is 10.8. The molecule has 0 saturated heterocycles. The lowest BCUT2D eigenvalue weighted by Crippen LogP contribution is -2.35. The predicted molar refractivity (Wildman–Crippen MR) is 87.9 cm³/mol. The summed E-state index contributed by atoms with van der Waals surface area (Å²) in [7, 11) is 4.20. The molecule has 0 amide bonds. The molecule has 0 saturated carbocycles. The van der Waals surface area contributed by atoms with E-state index in [2.05, 4.69) is 62.3 Å². The van der Waals surface area contributed by atoms with Crippen molar-refractivity contribution in [2.24, 2.45) is 0 Å². The van der Waals surface area contributed by atoms with Crippen molar-refractivity contribution in [3.8, 4) is 5.69 Å². The third kappa shape index (κ3) is 3.93. The van der Waals surface area contributed by atoms with Gasteiger partial charge < -0.3 is 10.2 Å². The largest absolute Gasteiger partial charge is 0.309 e. The van der Waals surface area contributed by atoms with Gasteiger partial charge in [0, 0.05) is 30.4 Å². The highest BCUT2D eigenvalue weighted by Crippen LogP contribution is 2.17. The zero-order valence-electron chi connectivity index (χ0n) is 13.7. The van der Waals surface area contributed by atoms with Crippen LogP contribution >= 0.6 is 0 Å². The molecule has 1 aromatic heterocycles. The quantitative estimate of drug-likeness (QED) is 0.886. The first-order chi connectivity index (χ1) is 9.99. The molecule has 114 valence electrons. The van der Waals surface area contributed by atoms with E-state index in [1.54, 1.807) is 0 Å². The summed E-state index contributed by atoms with van der Waals surface area (Å²) in [5, 5.41) is 8.27. The maximum Gasteiger partial charge on any atom is 0.0648 e. The van der Waals surface area contributed by atoms with Crippen LogP contribution in [-0.4, -0.2) is 41.4 Å². The molecule has 2 rings (SSSR count). The number of hydrogen-bond acceptors (Lipinski definition) is 3. The molecule has 0 spiro atoms. The summed E-state index contributed by atoms with van der Waals surface area (Å²) in [6.07, 6.45) is 0. The zero-order valence-corrected chi connectivity index (χ0v) is 13.7. The first-order valence-electron chi connectivity index (χ1n) is 7.47. The first kappa shape index (κ1) is 15.7. The van der Waals surface area contributed by atoms with Gasteiger partial charge in [0.1, 0.15) is 0 Å². The minimum Gasteiger partial charge on any atom is -0.309 e. The van der Waals surface area contributed by atoms with Crippen molar-refractivity contribution >= 4 is 0 Å². The predicted octanol–water partition coefficient (Wildman–Crippen LogP) is 2.53. The Morgan fingerprint density at radius 3 is 2.48 bits per heavy atom. The molecule has 1 unspecified atom stereocenters. The minimum atomic E-state index is 0.457. The Morgan fingerprint density at radius 2 is 1.86 bits per heavy atom. The highest BCUT2D eigenvalue weighted by atomic mass is 15.3. The molecule has 0 aliphatic rings. The lowest BCUT2D eigenvalue weighted by molar-refractivity contribution is 0.349. The summed E-state index contributed by atoms with van der Waals surface area (Å²) in [5.74, 6) is 0. The summed E-state index contributed by atoms with van der Waals surface area (Å²) in [5.41, 5.74) is 4.72. The van der Waals surface area contributed by atoms with Gasteiger partial charge >= 0.3 is 0 Å². The van der Waals surface area contributed by atoms with Crippen LogP contribution < -0.4 is 5.32 Å². The number of para-hydroxylation sites is 1. The maximum absolute atomic E-state index is 4.69. The van der Waals surface area contributed by atoms with Gasteiger partial charge in [-0.25, -0.2) is 4.68 Å². The van der Waals surface area contributed by atoms with Gasteiger partial charge in [-0.3, -0.25) is 0 Å². The van der Waals surface area contributed by atoms with Crippen molar-refractivity contribution in [3.05, 3.63) is 47.3 Å². The van der Waals surface area contributed by atoms with Gasteiger partial charge in [-0.2, -0.15) is 5.10 Å². The summed E-state index contributed by atoms with van der Waals surface area (Å²) < 4.78 is 2.03. The van der Waals surface area contributed by atoms with Crippen LogP contribution in [0.4, 0.5) is 0 Å². The fourth-order valence-electron chi connectivity index (χ4n) is 2.64. The van der Waals surface area contributed by atoms with Crippen LogP contribution in [0.5, 0.6) is 0 Å². The standard InChI is InChI=1S/C17H26N4/c1-13(12-20(4)5)18-11-17-14(2)19-21(15(17)3)16-9-7-6-8-10-16/h6-10,13,18H,11-12H2,1-5H3. The molecular formula is C17H26N4. The SMILES string of the molecule is Cc1nn(-c2ccccc2)c(C)c1CNC(C)CN(C)C. The molecule has 0 aliphatic carbocycles. The average Bonchev–Trinajstić information content (AvgIpc) is 2.72. The van der Waals surface area contributed by atoms with Crippen molar-refractivity contribution in [2.45, 2.75) is 33.4 Å². The van der Waals surface area contributed by atoms with Gasteiger partial charge in [-0.1, -0.05) is 18.2 Å². The smallest absolute Gasteiger partial charge is 0.0648 e.